The second-order valence-electron chi connectivity index (χ2n) is 4.61. The fourth-order valence-electron chi connectivity index (χ4n) is 1.73. The fourth-order valence-corrected chi connectivity index (χ4v) is 3.78. The Kier molecular flexibility index (Phi) is 5.19. The van der Waals surface area contributed by atoms with Crippen LogP contribution in [0, 0.1) is 9.49 Å². The standard InChI is InChI=1S/C13H15BrIN3S/c1-7(2)6-8-11(15)13(16-3)18-12(17-8)9-4-5-10(14)19-9/h4-5,7H,6H2,1-3H3,(H,16,17,18). The molecular weight excluding hydrogens is 437 g/mol. The number of anilines is 1. The van der Waals surface area contributed by atoms with E-state index in [4.69, 9.17) is 4.98 Å². The van der Waals surface area contributed by atoms with Crippen molar-refractivity contribution in [3.63, 3.8) is 0 Å². The van der Waals surface area contributed by atoms with Crippen molar-refractivity contribution in [3.8, 4) is 10.7 Å². The molecular formula is C13H15BrIN3S. The summed E-state index contributed by atoms with van der Waals surface area (Å²) in [6.45, 7) is 4.41. The summed E-state index contributed by atoms with van der Waals surface area (Å²) in [7, 11) is 1.90. The van der Waals surface area contributed by atoms with Crippen LogP contribution in [0.25, 0.3) is 10.7 Å². The smallest absolute Gasteiger partial charge is 0.171 e. The summed E-state index contributed by atoms with van der Waals surface area (Å²) in [4.78, 5) is 10.4. The molecule has 0 aliphatic heterocycles. The Hall–Kier alpha value is -0.210. The highest BCUT2D eigenvalue weighted by Gasteiger charge is 2.14. The van der Waals surface area contributed by atoms with Gasteiger partial charge in [0.1, 0.15) is 5.82 Å². The minimum Gasteiger partial charge on any atom is -0.372 e. The van der Waals surface area contributed by atoms with Crippen LogP contribution < -0.4 is 5.32 Å². The van der Waals surface area contributed by atoms with Crippen molar-refractivity contribution in [2.45, 2.75) is 20.3 Å². The van der Waals surface area contributed by atoms with Crippen LogP contribution in [0.4, 0.5) is 5.82 Å². The zero-order valence-corrected chi connectivity index (χ0v) is 15.6. The lowest BCUT2D eigenvalue weighted by molar-refractivity contribution is 0.632. The molecule has 2 heterocycles. The Bertz CT molecular complexity index is 583. The van der Waals surface area contributed by atoms with Crippen LogP contribution >= 0.6 is 49.9 Å². The van der Waals surface area contributed by atoms with Crippen LogP contribution in [0.5, 0.6) is 0 Å². The quantitative estimate of drug-likeness (QED) is 0.677. The van der Waals surface area contributed by atoms with E-state index in [0.717, 1.165) is 36.0 Å². The van der Waals surface area contributed by atoms with Gasteiger partial charge in [-0.1, -0.05) is 13.8 Å². The number of thiophene rings is 1. The Morgan fingerprint density at radius 1 is 1.37 bits per heavy atom. The van der Waals surface area contributed by atoms with Gasteiger partial charge < -0.3 is 5.32 Å². The molecule has 0 atom stereocenters. The molecule has 2 aromatic rings. The summed E-state index contributed by atoms with van der Waals surface area (Å²) in [6, 6.07) is 4.08. The van der Waals surface area contributed by atoms with Gasteiger partial charge in [0.05, 0.1) is 17.9 Å². The van der Waals surface area contributed by atoms with Crippen LogP contribution in [-0.4, -0.2) is 17.0 Å². The Morgan fingerprint density at radius 3 is 2.63 bits per heavy atom. The van der Waals surface area contributed by atoms with E-state index in [2.05, 4.69) is 68.7 Å². The molecule has 19 heavy (non-hydrogen) atoms. The van der Waals surface area contributed by atoms with Crippen LogP contribution in [0.15, 0.2) is 15.9 Å². The normalized spacial score (nSPS) is 11.1. The van der Waals surface area contributed by atoms with Crippen molar-refractivity contribution in [2.24, 2.45) is 5.92 Å². The summed E-state index contributed by atoms with van der Waals surface area (Å²) >= 11 is 7.46. The Morgan fingerprint density at radius 2 is 2.11 bits per heavy atom. The number of nitrogens with one attached hydrogen (secondary N) is 1. The van der Waals surface area contributed by atoms with Gasteiger partial charge in [-0.2, -0.15) is 0 Å². The van der Waals surface area contributed by atoms with Crippen LogP contribution in [0.2, 0.25) is 0 Å². The number of hydrogen-bond donors (Lipinski definition) is 1. The lowest BCUT2D eigenvalue weighted by Gasteiger charge is -2.12. The monoisotopic (exact) mass is 451 g/mol. The minimum absolute atomic E-state index is 0.580. The van der Waals surface area contributed by atoms with Gasteiger partial charge in [0.15, 0.2) is 5.82 Å². The van der Waals surface area contributed by atoms with Gasteiger partial charge in [-0.15, -0.1) is 11.3 Å². The SMILES string of the molecule is CNc1nc(-c2ccc(Br)s2)nc(CC(C)C)c1I. The number of rotatable bonds is 4. The minimum atomic E-state index is 0.580. The average Bonchev–Trinajstić information content (AvgIpc) is 2.78. The van der Waals surface area contributed by atoms with E-state index in [1.54, 1.807) is 11.3 Å². The largest absolute Gasteiger partial charge is 0.372 e. The maximum Gasteiger partial charge on any atom is 0.171 e. The average molecular weight is 452 g/mol. The van der Waals surface area contributed by atoms with E-state index in [1.165, 1.54) is 0 Å². The van der Waals surface area contributed by atoms with Gasteiger partial charge >= 0.3 is 0 Å². The fraction of sp³-hybridized carbons (Fsp3) is 0.385. The van der Waals surface area contributed by atoms with Crippen molar-refractivity contribution >= 4 is 55.7 Å². The summed E-state index contributed by atoms with van der Waals surface area (Å²) in [5.41, 5.74) is 1.12. The van der Waals surface area contributed by atoms with Crippen LogP contribution in [0.1, 0.15) is 19.5 Å². The first kappa shape index (κ1) is 15.2. The lowest BCUT2D eigenvalue weighted by atomic mass is 10.1. The van der Waals surface area contributed by atoms with Gasteiger partial charge in [-0.05, 0) is 63.0 Å². The summed E-state index contributed by atoms with van der Waals surface area (Å²) in [5.74, 6) is 2.29. The van der Waals surface area contributed by atoms with Gasteiger partial charge in [-0.3, -0.25) is 0 Å². The molecule has 1 N–H and O–H groups in total. The van der Waals surface area contributed by atoms with Crippen molar-refractivity contribution in [3.05, 3.63) is 25.2 Å². The summed E-state index contributed by atoms with van der Waals surface area (Å²) in [6.07, 6.45) is 0.967. The van der Waals surface area contributed by atoms with E-state index in [0.29, 0.717) is 5.92 Å². The second-order valence-corrected chi connectivity index (χ2v) is 8.15. The predicted octanol–water partition coefficient (Wildman–Crippen LogP) is 4.81. The van der Waals surface area contributed by atoms with Gasteiger partial charge in [0.25, 0.3) is 0 Å². The Balaban J connectivity index is 2.50. The number of hydrogen-bond acceptors (Lipinski definition) is 4. The highest BCUT2D eigenvalue weighted by atomic mass is 127. The predicted molar refractivity (Wildman–Crippen MR) is 93.9 cm³/mol. The first-order valence-electron chi connectivity index (χ1n) is 6.01. The third kappa shape index (κ3) is 3.66. The zero-order chi connectivity index (χ0) is 14.0. The molecule has 0 aromatic carbocycles. The molecule has 0 bridgehead atoms. The molecule has 0 amide bonds. The maximum absolute atomic E-state index is 4.74. The zero-order valence-electron chi connectivity index (χ0n) is 11.0. The molecule has 0 aliphatic rings. The van der Waals surface area contributed by atoms with Gasteiger partial charge in [0, 0.05) is 7.05 Å². The van der Waals surface area contributed by atoms with E-state index in [1.807, 2.05) is 13.1 Å². The topological polar surface area (TPSA) is 37.8 Å². The lowest BCUT2D eigenvalue weighted by Crippen LogP contribution is -2.07. The summed E-state index contributed by atoms with van der Waals surface area (Å²) < 4.78 is 2.22. The molecule has 0 saturated heterocycles. The molecule has 102 valence electrons. The first-order valence-corrected chi connectivity index (χ1v) is 8.70. The molecule has 0 fully saturated rings. The van der Waals surface area contributed by atoms with Crippen LogP contribution in [0.3, 0.4) is 0 Å². The van der Waals surface area contributed by atoms with Crippen molar-refractivity contribution in [2.75, 3.05) is 12.4 Å². The molecule has 3 nitrogen and oxygen atoms in total. The van der Waals surface area contributed by atoms with E-state index in [9.17, 15) is 0 Å². The summed E-state index contributed by atoms with van der Waals surface area (Å²) in [5, 5.41) is 3.16. The molecule has 0 spiro atoms. The first-order chi connectivity index (χ1) is 9.01. The highest BCUT2D eigenvalue weighted by molar-refractivity contribution is 14.1. The van der Waals surface area contributed by atoms with E-state index in [-0.39, 0.29) is 0 Å². The molecule has 2 aromatic heterocycles. The molecule has 0 saturated carbocycles. The van der Waals surface area contributed by atoms with E-state index < -0.39 is 0 Å². The van der Waals surface area contributed by atoms with Crippen molar-refractivity contribution < 1.29 is 0 Å². The second kappa shape index (κ2) is 6.49. The number of nitrogens with zero attached hydrogens (tertiary/aromatic N) is 2. The molecule has 6 heteroatoms. The third-order valence-corrected chi connectivity index (χ3v) is 5.30. The number of halogens is 2. The molecule has 2 rings (SSSR count). The van der Waals surface area contributed by atoms with Crippen molar-refractivity contribution in [1.82, 2.24) is 9.97 Å². The molecule has 0 aliphatic carbocycles. The van der Waals surface area contributed by atoms with Crippen molar-refractivity contribution in [1.29, 1.82) is 0 Å². The molecule has 0 radical (unpaired) electrons. The van der Waals surface area contributed by atoms with Gasteiger partial charge in [0.2, 0.25) is 0 Å². The van der Waals surface area contributed by atoms with Crippen LogP contribution in [-0.2, 0) is 6.42 Å². The third-order valence-electron chi connectivity index (χ3n) is 2.55. The maximum atomic E-state index is 4.74. The number of aromatic nitrogens is 2. The highest BCUT2D eigenvalue weighted by Crippen LogP contribution is 2.31. The van der Waals surface area contributed by atoms with Gasteiger partial charge in [-0.25, -0.2) is 9.97 Å². The Labute approximate surface area is 139 Å². The molecule has 0 unspecified atom stereocenters. The van der Waals surface area contributed by atoms with E-state index >= 15 is 0 Å².